The summed E-state index contributed by atoms with van der Waals surface area (Å²) in [5.74, 6) is 0.0955. The summed E-state index contributed by atoms with van der Waals surface area (Å²) < 4.78 is 0. The van der Waals surface area contributed by atoms with Crippen molar-refractivity contribution < 1.29 is 4.79 Å². The highest BCUT2D eigenvalue weighted by atomic mass is 16.1. The van der Waals surface area contributed by atoms with Crippen LogP contribution in [0.5, 0.6) is 0 Å². The molecule has 0 unspecified atom stereocenters. The van der Waals surface area contributed by atoms with E-state index in [1.807, 2.05) is 31.2 Å². The Hall–Kier alpha value is -3.13. The molecule has 0 saturated carbocycles. The van der Waals surface area contributed by atoms with E-state index in [-0.39, 0.29) is 5.57 Å². The van der Waals surface area contributed by atoms with Crippen LogP contribution in [-0.4, -0.2) is 10.9 Å². The third-order valence-electron chi connectivity index (χ3n) is 2.70. The lowest BCUT2D eigenvalue weighted by Gasteiger charge is -2.05. The smallest absolute Gasteiger partial charge is 0.267 e. The highest BCUT2D eigenvalue weighted by Crippen LogP contribution is 2.10. The lowest BCUT2D eigenvalue weighted by Crippen LogP contribution is -2.14. The molecule has 0 aliphatic carbocycles. The number of anilines is 2. The van der Waals surface area contributed by atoms with Crippen molar-refractivity contribution in [1.82, 2.24) is 4.98 Å². The van der Waals surface area contributed by atoms with Crippen LogP contribution >= 0.6 is 0 Å². The first-order chi connectivity index (χ1) is 10.2. The van der Waals surface area contributed by atoms with Crippen molar-refractivity contribution in [2.24, 2.45) is 0 Å². The molecule has 0 saturated heterocycles. The number of carbonyl (C=O) groups excluding carboxylic acids is 1. The highest BCUT2D eigenvalue weighted by molar-refractivity contribution is 6.06. The van der Waals surface area contributed by atoms with Gasteiger partial charge in [0, 0.05) is 18.1 Å². The molecular formula is C16H14N4O. The summed E-state index contributed by atoms with van der Waals surface area (Å²) >= 11 is 0. The van der Waals surface area contributed by atoms with E-state index < -0.39 is 5.91 Å². The Morgan fingerprint density at radius 3 is 2.62 bits per heavy atom. The predicted molar refractivity (Wildman–Crippen MR) is 81.4 cm³/mol. The Balaban J connectivity index is 2.05. The molecule has 0 spiro atoms. The van der Waals surface area contributed by atoms with Gasteiger partial charge < -0.3 is 10.6 Å². The number of rotatable bonds is 4. The Kier molecular flexibility index (Phi) is 4.67. The minimum Gasteiger partial charge on any atom is -0.345 e. The third-order valence-corrected chi connectivity index (χ3v) is 2.70. The Morgan fingerprint density at radius 2 is 2.00 bits per heavy atom. The summed E-state index contributed by atoms with van der Waals surface area (Å²) in [7, 11) is 0. The molecule has 0 radical (unpaired) electrons. The summed E-state index contributed by atoms with van der Waals surface area (Å²) in [4.78, 5) is 16.0. The second-order valence-electron chi connectivity index (χ2n) is 4.35. The van der Waals surface area contributed by atoms with Crippen LogP contribution in [0.4, 0.5) is 11.5 Å². The van der Waals surface area contributed by atoms with Crippen LogP contribution in [0.3, 0.4) is 0 Å². The van der Waals surface area contributed by atoms with Crippen LogP contribution in [0.15, 0.2) is 60.4 Å². The van der Waals surface area contributed by atoms with E-state index in [0.717, 1.165) is 5.56 Å². The topological polar surface area (TPSA) is 77.8 Å². The van der Waals surface area contributed by atoms with Gasteiger partial charge in [-0.25, -0.2) is 4.98 Å². The Bertz CT molecular complexity index is 684. The average Bonchev–Trinajstić information content (AvgIpc) is 2.51. The number of hydrogen-bond donors (Lipinski definition) is 2. The summed E-state index contributed by atoms with van der Waals surface area (Å²) in [6.45, 7) is 1.96. The quantitative estimate of drug-likeness (QED) is 0.666. The predicted octanol–water partition coefficient (Wildman–Crippen LogP) is 2.85. The van der Waals surface area contributed by atoms with Crippen molar-refractivity contribution in [3.63, 3.8) is 0 Å². The molecule has 0 bridgehead atoms. The summed E-state index contributed by atoms with van der Waals surface area (Å²) in [6.07, 6.45) is 2.96. The zero-order chi connectivity index (χ0) is 15.1. The van der Waals surface area contributed by atoms with Gasteiger partial charge in [0.05, 0.1) is 0 Å². The van der Waals surface area contributed by atoms with Gasteiger partial charge in [0.1, 0.15) is 17.5 Å². The van der Waals surface area contributed by atoms with Crippen molar-refractivity contribution in [2.75, 3.05) is 10.6 Å². The molecule has 5 heteroatoms. The third kappa shape index (κ3) is 4.18. The van der Waals surface area contributed by atoms with Gasteiger partial charge in [0.2, 0.25) is 0 Å². The molecule has 2 aromatic rings. The van der Waals surface area contributed by atoms with Gasteiger partial charge in [-0.1, -0.05) is 23.8 Å². The second kappa shape index (κ2) is 6.87. The molecule has 0 aliphatic rings. The fourth-order valence-corrected chi connectivity index (χ4v) is 1.58. The van der Waals surface area contributed by atoms with E-state index in [2.05, 4.69) is 15.6 Å². The number of aryl methyl sites for hydroxylation is 1. The van der Waals surface area contributed by atoms with Crippen molar-refractivity contribution in [3.05, 3.63) is 66.0 Å². The van der Waals surface area contributed by atoms with Crippen LogP contribution in [0, 0.1) is 18.3 Å². The van der Waals surface area contributed by atoms with Gasteiger partial charge in [0.25, 0.3) is 5.91 Å². The number of benzene rings is 1. The number of nitrogens with zero attached hydrogens (tertiary/aromatic N) is 2. The molecular weight excluding hydrogens is 264 g/mol. The zero-order valence-corrected chi connectivity index (χ0v) is 11.5. The molecule has 5 nitrogen and oxygen atoms in total. The zero-order valence-electron chi connectivity index (χ0n) is 11.5. The summed E-state index contributed by atoms with van der Waals surface area (Å²) in [5.41, 5.74) is 1.71. The lowest BCUT2D eigenvalue weighted by atomic mass is 10.2. The van der Waals surface area contributed by atoms with Crippen LogP contribution in [0.25, 0.3) is 0 Å². The van der Waals surface area contributed by atoms with Gasteiger partial charge in [-0.05, 0) is 31.2 Å². The molecule has 2 rings (SSSR count). The molecule has 104 valence electrons. The minimum absolute atomic E-state index is 0.0266. The number of nitriles is 1. The first-order valence-electron chi connectivity index (χ1n) is 6.35. The van der Waals surface area contributed by atoms with Crippen molar-refractivity contribution in [2.45, 2.75) is 6.92 Å². The Morgan fingerprint density at radius 1 is 1.24 bits per heavy atom. The van der Waals surface area contributed by atoms with Crippen LogP contribution in [0.1, 0.15) is 5.56 Å². The van der Waals surface area contributed by atoms with Crippen LogP contribution < -0.4 is 10.6 Å². The SMILES string of the molecule is Cc1ccc(NC(=O)/C(C#N)=C\Nc2ccccn2)cc1. The standard InChI is InChI=1S/C16H14N4O/c1-12-5-7-14(8-6-12)20-16(21)13(10-17)11-19-15-4-2-3-9-18-15/h2-9,11H,1H3,(H,18,19)(H,20,21)/b13-11-. The van der Waals surface area contributed by atoms with Gasteiger partial charge in [-0.15, -0.1) is 0 Å². The molecule has 0 aliphatic heterocycles. The maximum absolute atomic E-state index is 12.0. The van der Waals surface area contributed by atoms with E-state index in [0.29, 0.717) is 11.5 Å². The van der Waals surface area contributed by atoms with Gasteiger partial charge in [0.15, 0.2) is 0 Å². The number of pyridine rings is 1. The van der Waals surface area contributed by atoms with Gasteiger partial charge in [-0.2, -0.15) is 5.26 Å². The molecule has 1 aromatic carbocycles. The van der Waals surface area contributed by atoms with E-state index in [9.17, 15) is 4.79 Å². The van der Waals surface area contributed by atoms with Crippen LogP contribution in [-0.2, 0) is 4.79 Å². The summed E-state index contributed by atoms with van der Waals surface area (Å²) in [5, 5.41) is 14.5. The average molecular weight is 278 g/mol. The fourth-order valence-electron chi connectivity index (χ4n) is 1.58. The largest absolute Gasteiger partial charge is 0.345 e. The van der Waals surface area contributed by atoms with Crippen molar-refractivity contribution >= 4 is 17.4 Å². The monoisotopic (exact) mass is 278 g/mol. The van der Waals surface area contributed by atoms with E-state index in [4.69, 9.17) is 5.26 Å². The van der Waals surface area contributed by atoms with E-state index in [1.54, 1.807) is 30.5 Å². The second-order valence-corrected chi connectivity index (χ2v) is 4.35. The lowest BCUT2D eigenvalue weighted by molar-refractivity contribution is -0.112. The van der Waals surface area contributed by atoms with Gasteiger partial charge >= 0.3 is 0 Å². The molecule has 1 aromatic heterocycles. The van der Waals surface area contributed by atoms with E-state index in [1.165, 1.54) is 6.20 Å². The number of hydrogen-bond acceptors (Lipinski definition) is 4. The molecule has 0 fully saturated rings. The van der Waals surface area contributed by atoms with Crippen LogP contribution in [0.2, 0.25) is 0 Å². The molecule has 0 atom stereocenters. The number of carbonyl (C=O) groups is 1. The normalized spacial score (nSPS) is 10.6. The molecule has 21 heavy (non-hydrogen) atoms. The number of amides is 1. The highest BCUT2D eigenvalue weighted by Gasteiger charge is 2.09. The molecule has 2 N–H and O–H groups in total. The molecule has 1 amide bonds. The number of aromatic nitrogens is 1. The van der Waals surface area contributed by atoms with Crippen molar-refractivity contribution in [3.8, 4) is 6.07 Å². The Labute approximate surface area is 122 Å². The van der Waals surface area contributed by atoms with Crippen molar-refractivity contribution in [1.29, 1.82) is 5.26 Å². The molecule has 1 heterocycles. The summed E-state index contributed by atoms with van der Waals surface area (Å²) in [6, 6.07) is 14.5. The van der Waals surface area contributed by atoms with Gasteiger partial charge in [-0.3, -0.25) is 4.79 Å². The number of nitrogens with one attached hydrogen (secondary N) is 2. The fraction of sp³-hybridized carbons (Fsp3) is 0.0625. The first-order valence-corrected chi connectivity index (χ1v) is 6.35. The maximum atomic E-state index is 12.0. The minimum atomic E-state index is -0.468. The maximum Gasteiger partial charge on any atom is 0.267 e. The van der Waals surface area contributed by atoms with E-state index >= 15 is 0 Å². The first kappa shape index (κ1) is 14.3.